The van der Waals surface area contributed by atoms with E-state index in [2.05, 4.69) is 15.1 Å². The van der Waals surface area contributed by atoms with E-state index in [1.165, 1.54) is 4.31 Å². The van der Waals surface area contributed by atoms with Gasteiger partial charge in [-0.1, -0.05) is 19.9 Å². The maximum Gasteiger partial charge on any atom is 0.282 e. The summed E-state index contributed by atoms with van der Waals surface area (Å²) in [5.74, 6) is 1.10. The first kappa shape index (κ1) is 19.4. The molecule has 0 amide bonds. The van der Waals surface area contributed by atoms with Crippen molar-refractivity contribution < 1.29 is 12.8 Å². The van der Waals surface area contributed by atoms with Crippen LogP contribution < -0.4 is 0 Å². The average molecular weight is 400 g/mol. The number of thiophene rings is 1. The molecule has 1 aliphatic heterocycles. The van der Waals surface area contributed by atoms with Crippen LogP contribution in [0, 0.1) is 0 Å². The highest BCUT2D eigenvalue weighted by Gasteiger charge is 2.33. The molecule has 0 bridgehead atoms. The first-order chi connectivity index (χ1) is 12.5. The molecular formula is C16H25N5O3S2. The molecule has 8 nitrogen and oxygen atoms in total. The zero-order valence-electron chi connectivity index (χ0n) is 15.3. The Morgan fingerprint density at radius 2 is 1.92 bits per heavy atom. The Labute approximate surface area is 158 Å². The van der Waals surface area contributed by atoms with E-state index < -0.39 is 10.2 Å². The van der Waals surface area contributed by atoms with Crippen LogP contribution in [0.3, 0.4) is 0 Å². The number of piperazine rings is 1. The molecule has 3 heterocycles. The average Bonchev–Trinajstić information content (AvgIpc) is 3.33. The summed E-state index contributed by atoms with van der Waals surface area (Å²) in [7, 11) is -3.37. The largest absolute Gasteiger partial charge is 0.418 e. The van der Waals surface area contributed by atoms with Crippen molar-refractivity contribution in [3.8, 4) is 10.8 Å². The smallest absolute Gasteiger partial charge is 0.282 e. The van der Waals surface area contributed by atoms with Gasteiger partial charge in [0, 0.05) is 39.3 Å². The molecule has 2 aromatic rings. The Morgan fingerprint density at radius 3 is 2.50 bits per heavy atom. The summed E-state index contributed by atoms with van der Waals surface area (Å²) in [4.78, 5) is 3.13. The predicted molar refractivity (Wildman–Crippen MR) is 101 cm³/mol. The van der Waals surface area contributed by atoms with Crippen molar-refractivity contribution >= 4 is 21.5 Å². The van der Waals surface area contributed by atoms with Crippen LogP contribution in [0.25, 0.3) is 10.8 Å². The van der Waals surface area contributed by atoms with E-state index in [0.29, 0.717) is 51.0 Å². The molecule has 3 rings (SSSR count). The summed E-state index contributed by atoms with van der Waals surface area (Å²) in [5, 5.41) is 10.3. The Hall–Kier alpha value is -1.33. The lowest BCUT2D eigenvalue weighted by molar-refractivity contribution is 0.126. The lowest BCUT2D eigenvalue weighted by Gasteiger charge is -2.37. The van der Waals surface area contributed by atoms with Gasteiger partial charge in [-0.2, -0.15) is 17.0 Å². The van der Waals surface area contributed by atoms with Gasteiger partial charge < -0.3 is 4.42 Å². The van der Waals surface area contributed by atoms with E-state index in [-0.39, 0.29) is 6.04 Å². The molecule has 0 unspecified atom stereocenters. The molecule has 0 aliphatic carbocycles. The molecule has 10 heteroatoms. The van der Waals surface area contributed by atoms with E-state index in [1.54, 1.807) is 15.6 Å². The SMILES string of the molecule is CCN(CC)S(=O)(=O)N1CCN([C@@H](C)c2nnc(-c3cccs3)o2)CC1. The Balaban J connectivity index is 1.63. The summed E-state index contributed by atoms with van der Waals surface area (Å²) in [6, 6.07) is 3.85. The van der Waals surface area contributed by atoms with Gasteiger partial charge in [0.15, 0.2) is 0 Å². The van der Waals surface area contributed by atoms with E-state index in [0.717, 1.165) is 4.88 Å². The third-order valence-electron chi connectivity index (χ3n) is 4.71. The second-order valence-corrected chi connectivity index (χ2v) is 9.00. The topological polar surface area (TPSA) is 82.8 Å². The van der Waals surface area contributed by atoms with Crippen molar-refractivity contribution in [1.82, 2.24) is 23.7 Å². The minimum absolute atomic E-state index is 0.0467. The van der Waals surface area contributed by atoms with Crippen LogP contribution >= 0.6 is 11.3 Å². The van der Waals surface area contributed by atoms with Gasteiger partial charge in [-0.25, -0.2) is 0 Å². The van der Waals surface area contributed by atoms with E-state index in [1.807, 2.05) is 38.3 Å². The molecule has 1 fully saturated rings. The molecule has 1 aliphatic rings. The highest BCUT2D eigenvalue weighted by molar-refractivity contribution is 7.86. The van der Waals surface area contributed by atoms with Crippen molar-refractivity contribution in [2.45, 2.75) is 26.8 Å². The lowest BCUT2D eigenvalue weighted by atomic mass is 10.2. The van der Waals surface area contributed by atoms with Crippen LogP contribution in [0.4, 0.5) is 0 Å². The molecule has 1 atom stereocenters. The van der Waals surface area contributed by atoms with Crippen LogP contribution in [0.1, 0.15) is 32.7 Å². The Morgan fingerprint density at radius 1 is 1.23 bits per heavy atom. The normalized spacial score (nSPS) is 18.5. The van der Waals surface area contributed by atoms with E-state index in [9.17, 15) is 8.42 Å². The first-order valence-electron chi connectivity index (χ1n) is 8.83. The molecular weight excluding hydrogens is 374 g/mol. The number of rotatable bonds is 7. The van der Waals surface area contributed by atoms with Crippen LogP contribution in [0.15, 0.2) is 21.9 Å². The van der Waals surface area contributed by atoms with Crippen LogP contribution in [0.5, 0.6) is 0 Å². The highest BCUT2D eigenvalue weighted by Crippen LogP contribution is 2.27. The zero-order valence-corrected chi connectivity index (χ0v) is 17.0. The number of nitrogens with zero attached hydrogens (tertiary/aromatic N) is 5. The van der Waals surface area contributed by atoms with Gasteiger partial charge in [-0.15, -0.1) is 21.5 Å². The van der Waals surface area contributed by atoms with Crippen molar-refractivity contribution in [3.05, 3.63) is 23.4 Å². The van der Waals surface area contributed by atoms with Gasteiger partial charge >= 0.3 is 0 Å². The molecule has 2 aromatic heterocycles. The minimum atomic E-state index is -3.37. The van der Waals surface area contributed by atoms with Gasteiger partial charge in [0.25, 0.3) is 16.1 Å². The molecule has 144 valence electrons. The summed E-state index contributed by atoms with van der Waals surface area (Å²) in [5.41, 5.74) is 0. The minimum Gasteiger partial charge on any atom is -0.418 e. The van der Waals surface area contributed by atoms with Gasteiger partial charge in [0.2, 0.25) is 5.89 Å². The van der Waals surface area contributed by atoms with Gasteiger partial charge in [-0.05, 0) is 18.4 Å². The van der Waals surface area contributed by atoms with Gasteiger partial charge in [0.1, 0.15) is 0 Å². The number of hydrogen-bond donors (Lipinski definition) is 0. The summed E-state index contributed by atoms with van der Waals surface area (Å²) in [6.45, 7) is 8.92. The second-order valence-electron chi connectivity index (χ2n) is 6.13. The summed E-state index contributed by atoms with van der Waals surface area (Å²) < 4.78 is 34.1. The maximum absolute atomic E-state index is 12.6. The summed E-state index contributed by atoms with van der Waals surface area (Å²) in [6.07, 6.45) is 0. The number of hydrogen-bond acceptors (Lipinski definition) is 7. The molecule has 0 radical (unpaired) electrons. The molecule has 0 aromatic carbocycles. The third kappa shape index (κ3) is 3.84. The van der Waals surface area contributed by atoms with Crippen LogP contribution in [-0.4, -0.2) is 71.4 Å². The Kier molecular flexibility index (Phi) is 6.08. The Bertz CT molecular complexity index is 794. The molecule has 26 heavy (non-hydrogen) atoms. The van der Waals surface area contributed by atoms with Crippen LogP contribution in [-0.2, 0) is 10.2 Å². The van der Waals surface area contributed by atoms with E-state index >= 15 is 0 Å². The fourth-order valence-corrected chi connectivity index (χ4v) is 5.34. The maximum atomic E-state index is 12.6. The third-order valence-corrected chi connectivity index (χ3v) is 7.75. The number of aromatic nitrogens is 2. The van der Waals surface area contributed by atoms with Crippen molar-refractivity contribution in [2.75, 3.05) is 39.3 Å². The molecule has 1 saturated heterocycles. The zero-order chi connectivity index (χ0) is 18.7. The highest BCUT2D eigenvalue weighted by atomic mass is 32.2. The van der Waals surface area contributed by atoms with E-state index in [4.69, 9.17) is 4.42 Å². The first-order valence-corrected chi connectivity index (χ1v) is 11.1. The summed E-state index contributed by atoms with van der Waals surface area (Å²) >= 11 is 1.56. The van der Waals surface area contributed by atoms with Crippen molar-refractivity contribution in [3.63, 3.8) is 0 Å². The molecule has 0 spiro atoms. The van der Waals surface area contributed by atoms with Crippen molar-refractivity contribution in [1.29, 1.82) is 0 Å². The van der Waals surface area contributed by atoms with Crippen molar-refractivity contribution in [2.24, 2.45) is 0 Å². The van der Waals surface area contributed by atoms with Crippen LogP contribution in [0.2, 0.25) is 0 Å². The fourth-order valence-electron chi connectivity index (χ4n) is 3.09. The van der Waals surface area contributed by atoms with Gasteiger partial charge in [0.05, 0.1) is 10.9 Å². The quantitative estimate of drug-likeness (QED) is 0.709. The lowest BCUT2D eigenvalue weighted by Crippen LogP contribution is -2.53. The molecule has 0 saturated carbocycles. The second kappa shape index (κ2) is 8.13. The molecule has 0 N–H and O–H groups in total. The standard InChI is InChI=1S/C16H25N5O3S2/c1-4-20(5-2)26(22,23)21-10-8-19(9-11-21)13(3)15-17-18-16(24-15)14-7-6-12-25-14/h6-7,12-13H,4-5,8-11H2,1-3H3/t13-/m0/s1. The predicted octanol–water partition coefficient (Wildman–Crippen LogP) is 2.06. The monoisotopic (exact) mass is 399 g/mol. The van der Waals surface area contributed by atoms with Gasteiger partial charge in [-0.3, -0.25) is 4.90 Å². The fraction of sp³-hybridized carbons (Fsp3) is 0.625.